The van der Waals surface area contributed by atoms with E-state index in [0.29, 0.717) is 12.8 Å². The monoisotopic (exact) mass is 335 g/mol. The fourth-order valence-electron chi connectivity index (χ4n) is 2.86. The highest BCUT2D eigenvalue weighted by Gasteiger charge is 2.37. The summed E-state index contributed by atoms with van der Waals surface area (Å²) in [7, 11) is -0.576. The molecule has 1 heterocycles. The van der Waals surface area contributed by atoms with Gasteiger partial charge in [0.05, 0.1) is 17.7 Å². The van der Waals surface area contributed by atoms with Gasteiger partial charge in [-0.25, -0.2) is 0 Å². The highest BCUT2D eigenvalue weighted by molar-refractivity contribution is 7.87. The number of para-hydroxylation sites is 1. The lowest BCUT2D eigenvalue weighted by Gasteiger charge is -2.38. The van der Waals surface area contributed by atoms with Crippen LogP contribution < -0.4 is 4.72 Å². The van der Waals surface area contributed by atoms with Crippen LogP contribution in [0.1, 0.15) is 24.4 Å². The van der Waals surface area contributed by atoms with Gasteiger partial charge < -0.3 is 5.11 Å². The molecule has 0 unspecified atom stereocenters. The van der Waals surface area contributed by atoms with Crippen LogP contribution in [0, 0.1) is 5.92 Å². The molecule has 1 aliphatic carbocycles. The Balaban J connectivity index is 1.96. The van der Waals surface area contributed by atoms with Crippen LogP contribution in [0.4, 0.5) is 0 Å². The Morgan fingerprint density at radius 3 is 2.65 bits per heavy atom. The molecule has 1 saturated carbocycles. The maximum absolute atomic E-state index is 12.2. The molecule has 6 nitrogen and oxygen atoms in total. The van der Waals surface area contributed by atoms with E-state index in [-0.39, 0.29) is 18.1 Å². The molecule has 0 spiro atoms. The molecule has 0 saturated heterocycles. The first-order valence-corrected chi connectivity index (χ1v) is 9.03. The van der Waals surface area contributed by atoms with E-state index in [0.717, 1.165) is 20.8 Å². The lowest BCUT2D eigenvalue weighted by Crippen LogP contribution is -2.45. The van der Waals surface area contributed by atoms with Gasteiger partial charge in [0.25, 0.3) is 10.2 Å². The van der Waals surface area contributed by atoms with Crippen molar-refractivity contribution in [2.45, 2.75) is 25.0 Å². The fraction of sp³-hybridized carbons (Fsp3) is 0.438. The number of fused-ring (bicyclic) bond motifs is 1. The van der Waals surface area contributed by atoms with Crippen molar-refractivity contribution in [3.8, 4) is 0 Å². The number of aliphatic hydroxyl groups excluding tert-OH is 1. The Morgan fingerprint density at radius 2 is 2.00 bits per heavy atom. The van der Waals surface area contributed by atoms with E-state index in [4.69, 9.17) is 0 Å². The topological polar surface area (TPSA) is 82.5 Å². The summed E-state index contributed by atoms with van der Waals surface area (Å²) in [6, 6.07) is 9.31. The zero-order valence-electron chi connectivity index (χ0n) is 13.2. The summed E-state index contributed by atoms with van der Waals surface area (Å²) in [5.41, 5.74) is 1.70. The third-order valence-corrected chi connectivity index (χ3v) is 5.86. The third kappa shape index (κ3) is 3.37. The minimum Gasteiger partial charge on any atom is -0.393 e. The van der Waals surface area contributed by atoms with Crippen LogP contribution in [0.3, 0.4) is 0 Å². The molecular weight excluding hydrogens is 314 g/mol. The van der Waals surface area contributed by atoms with Gasteiger partial charge >= 0.3 is 0 Å². The van der Waals surface area contributed by atoms with Crippen molar-refractivity contribution in [1.82, 2.24) is 14.0 Å². The van der Waals surface area contributed by atoms with E-state index >= 15 is 0 Å². The molecular formula is C16H21N3O3S. The standard InChI is InChI=1S/C16H21N3O3S/c1-19(2)23(21,22)18-16(12-8-14(20)9-12)13-7-11-5-3-4-6-15(11)17-10-13/h3-7,10,12,14,16,18,20H,8-9H2,1-2H3/t12?,14?,16-/m1/s1. The fourth-order valence-corrected chi connectivity index (χ4v) is 3.72. The molecule has 7 heteroatoms. The Morgan fingerprint density at radius 1 is 1.30 bits per heavy atom. The molecule has 1 aromatic heterocycles. The van der Waals surface area contributed by atoms with Crippen molar-refractivity contribution < 1.29 is 13.5 Å². The quantitative estimate of drug-likeness (QED) is 0.866. The lowest BCUT2D eigenvalue weighted by molar-refractivity contribution is 0.0278. The summed E-state index contributed by atoms with van der Waals surface area (Å²) in [6.45, 7) is 0. The van der Waals surface area contributed by atoms with Gasteiger partial charge in [0.2, 0.25) is 0 Å². The number of pyridine rings is 1. The van der Waals surface area contributed by atoms with Crippen molar-refractivity contribution in [1.29, 1.82) is 0 Å². The average molecular weight is 335 g/mol. The predicted molar refractivity (Wildman–Crippen MR) is 89.0 cm³/mol. The minimum atomic E-state index is -3.56. The summed E-state index contributed by atoms with van der Waals surface area (Å²) >= 11 is 0. The molecule has 0 amide bonds. The molecule has 0 bridgehead atoms. The number of nitrogens with one attached hydrogen (secondary N) is 1. The number of benzene rings is 1. The summed E-state index contributed by atoms with van der Waals surface area (Å²) < 4.78 is 28.4. The average Bonchev–Trinajstić information content (AvgIpc) is 2.49. The molecule has 0 aliphatic heterocycles. The largest absolute Gasteiger partial charge is 0.393 e. The molecule has 2 aromatic rings. The van der Waals surface area contributed by atoms with E-state index in [1.165, 1.54) is 14.1 Å². The smallest absolute Gasteiger partial charge is 0.279 e. The highest BCUT2D eigenvalue weighted by Crippen LogP contribution is 2.38. The lowest BCUT2D eigenvalue weighted by atomic mass is 9.75. The summed E-state index contributed by atoms with van der Waals surface area (Å²) in [6.07, 6.45) is 2.55. The van der Waals surface area contributed by atoms with Gasteiger partial charge in [-0.15, -0.1) is 0 Å². The van der Waals surface area contributed by atoms with Gasteiger partial charge in [-0.2, -0.15) is 17.4 Å². The first-order chi connectivity index (χ1) is 10.9. The number of hydrogen-bond donors (Lipinski definition) is 2. The first kappa shape index (κ1) is 16.3. The maximum atomic E-state index is 12.2. The van der Waals surface area contributed by atoms with Crippen molar-refractivity contribution in [3.63, 3.8) is 0 Å². The molecule has 0 radical (unpaired) electrons. The predicted octanol–water partition coefficient (Wildman–Crippen LogP) is 1.44. The normalized spacial score (nSPS) is 23.0. The van der Waals surface area contributed by atoms with Crippen LogP contribution >= 0.6 is 0 Å². The number of nitrogens with zero attached hydrogens (tertiary/aromatic N) is 2. The number of hydrogen-bond acceptors (Lipinski definition) is 4. The molecule has 23 heavy (non-hydrogen) atoms. The summed E-state index contributed by atoms with van der Waals surface area (Å²) in [5, 5.41) is 10.6. The van der Waals surface area contributed by atoms with Crippen LogP contribution in [0.2, 0.25) is 0 Å². The number of aliphatic hydroxyl groups is 1. The second-order valence-corrected chi connectivity index (χ2v) is 8.15. The summed E-state index contributed by atoms with van der Waals surface area (Å²) in [5.74, 6) is 0.0719. The van der Waals surface area contributed by atoms with Crippen molar-refractivity contribution >= 4 is 21.1 Å². The van der Waals surface area contributed by atoms with Gasteiger partial charge in [0.15, 0.2) is 0 Å². The Hall–Kier alpha value is -1.54. The molecule has 1 fully saturated rings. The van der Waals surface area contributed by atoms with Gasteiger partial charge in [-0.1, -0.05) is 18.2 Å². The molecule has 1 aromatic carbocycles. The van der Waals surface area contributed by atoms with Crippen molar-refractivity contribution in [2.24, 2.45) is 5.92 Å². The first-order valence-electron chi connectivity index (χ1n) is 7.59. The van der Waals surface area contributed by atoms with Crippen molar-refractivity contribution in [3.05, 3.63) is 42.1 Å². The Bertz CT molecular complexity index is 801. The van der Waals surface area contributed by atoms with E-state index in [9.17, 15) is 13.5 Å². The molecule has 3 rings (SSSR count). The SMILES string of the molecule is CN(C)S(=O)(=O)N[C@@H](c1cnc2ccccc2c1)C1CC(O)C1. The second kappa shape index (κ2) is 6.16. The Labute approximate surface area is 136 Å². The van der Waals surface area contributed by atoms with Gasteiger partial charge in [-0.3, -0.25) is 4.98 Å². The van der Waals surface area contributed by atoms with Gasteiger partial charge in [-0.05, 0) is 36.5 Å². The number of aromatic nitrogens is 1. The van der Waals surface area contributed by atoms with E-state index in [1.807, 2.05) is 30.3 Å². The minimum absolute atomic E-state index is 0.0719. The van der Waals surface area contributed by atoms with E-state index < -0.39 is 10.2 Å². The van der Waals surface area contributed by atoms with E-state index in [1.54, 1.807) is 6.20 Å². The molecule has 1 atom stereocenters. The van der Waals surface area contributed by atoms with Crippen LogP contribution in [0.25, 0.3) is 10.9 Å². The molecule has 124 valence electrons. The summed E-state index contributed by atoms with van der Waals surface area (Å²) in [4.78, 5) is 4.43. The van der Waals surface area contributed by atoms with Crippen LogP contribution in [-0.4, -0.2) is 43.0 Å². The molecule has 2 N–H and O–H groups in total. The van der Waals surface area contributed by atoms with Crippen LogP contribution in [0.15, 0.2) is 36.5 Å². The zero-order valence-corrected chi connectivity index (χ0v) is 14.0. The van der Waals surface area contributed by atoms with Crippen LogP contribution in [-0.2, 0) is 10.2 Å². The van der Waals surface area contributed by atoms with Gasteiger partial charge in [0.1, 0.15) is 0 Å². The maximum Gasteiger partial charge on any atom is 0.279 e. The second-order valence-electron chi connectivity index (χ2n) is 6.23. The zero-order chi connectivity index (χ0) is 16.6. The van der Waals surface area contributed by atoms with E-state index in [2.05, 4.69) is 9.71 Å². The Kier molecular flexibility index (Phi) is 4.37. The van der Waals surface area contributed by atoms with Crippen molar-refractivity contribution in [2.75, 3.05) is 14.1 Å². The van der Waals surface area contributed by atoms with Gasteiger partial charge in [0, 0.05) is 25.7 Å². The number of rotatable bonds is 5. The van der Waals surface area contributed by atoms with Crippen LogP contribution in [0.5, 0.6) is 0 Å². The molecule has 1 aliphatic rings. The third-order valence-electron chi connectivity index (χ3n) is 4.35. The highest BCUT2D eigenvalue weighted by atomic mass is 32.2.